The van der Waals surface area contributed by atoms with Crippen molar-refractivity contribution in [2.45, 2.75) is 26.8 Å². The summed E-state index contributed by atoms with van der Waals surface area (Å²) < 4.78 is 5.04. The monoisotopic (exact) mass is 393 g/mol. The van der Waals surface area contributed by atoms with Gasteiger partial charge in [0.2, 0.25) is 0 Å². The predicted molar refractivity (Wildman–Crippen MR) is 92.9 cm³/mol. The second kappa shape index (κ2) is 9.68. The minimum absolute atomic E-state index is 0. The van der Waals surface area contributed by atoms with E-state index >= 15 is 0 Å². The van der Waals surface area contributed by atoms with E-state index in [1.807, 2.05) is 6.07 Å². The van der Waals surface area contributed by atoms with Gasteiger partial charge in [-0.2, -0.15) is 0 Å². The van der Waals surface area contributed by atoms with Crippen LogP contribution < -0.4 is 15.8 Å². The number of aromatic hydroxyl groups is 1. The lowest BCUT2D eigenvalue weighted by Crippen LogP contribution is -2.32. The number of hydrogen-bond donors (Lipinski definition) is 3. The lowest BCUT2D eigenvalue weighted by Gasteiger charge is -2.09. The van der Waals surface area contributed by atoms with Gasteiger partial charge in [-0.3, -0.25) is 0 Å². The smallest absolute Gasteiger partial charge is 0.188 e. The predicted octanol–water partition coefficient (Wildman–Crippen LogP) is 2.47. The number of methoxy groups -OCH3 is 1. The van der Waals surface area contributed by atoms with Gasteiger partial charge in [-0.15, -0.1) is 24.0 Å². The number of ether oxygens (including phenoxy) is 1. The molecule has 20 heavy (non-hydrogen) atoms. The van der Waals surface area contributed by atoms with Gasteiger partial charge in [0, 0.05) is 12.1 Å². The van der Waals surface area contributed by atoms with Gasteiger partial charge in [0.25, 0.3) is 0 Å². The first-order chi connectivity index (χ1) is 9.04. The van der Waals surface area contributed by atoms with Crippen molar-refractivity contribution >= 4 is 29.9 Å². The first-order valence-electron chi connectivity index (χ1n) is 6.43. The number of rotatable bonds is 6. The molecule has 114 valence electrons. The van der Waals surface area contributed by atoms with Crippen LogP contribution in [0.2, 0.25) is 0 Å². The quantitative estimate of drug-likeness (QED) is 0.394. The Balaban J connectivity index is 0.00000361. The van der Waals surface area contributed by atoms with Crippen LogP contribution >= 0.6 is 24.0 Å². The average molecular weight is 393 g/mol. The number of nitrogens with zero attached hydrogens (tertiary/aromatic N) is 1. The molecule has 0 amide bonds. The Hall–Kier alpha value is -1.18. The molecule has 0 saturated heterocycles. The number of halogens is 1. The van der Waals surface area contributed by atoms with E-state index in [0.29, 0.717) is 29.7 Å². The fourth-order valence-electron chi connectivity index (χ4n) is 1.58. The molecule has 0 saturated carbocycles. The molecule has 1 aromatic carbocycles. The Morgan fingerprint density at radius 1 is 1.45 bits per heavy atom. The number of hydrogen-bond acceptors (Lipinski definition) is 3. The van der Waals surface area contributed by atoms with Crippen LogP contribution in [0.4, 0.5) is 0 Å². The van der Waals surface area contributed by atoms with Gasteiger partial charge in [-0.1, -0.05) is 26.0 Å². The van der Waals surface area contributed by atoms with Gasteiger partial charge < -0.3 is 20.9 Å². The number of phenolic OH excluding ortho intramolecular Hbond substituents is 1. The number of guanidine groups is 1. The first-order valence-corrected chi connectivity index (χ1v) is 6.43. The van der Waals surface area contributed by atoms with Crippen LogP contribution in [-0.4, -0.2) is 24.7 Å². The minimum Gasteiger partial charge on any atom is -0.504 e. The minimum atomic E-state index is 0. The number of nitrogens with one attached hydrogen (secondary N) is 1. The van der Waals surface area contributed by atoms with E-state index in [4.69, 9.17) is 10.5 Å². The summed E-state index contributed by atoms with van der Waals surface area (Å²) in [7, 11) is 1.52. The number of aliphatic imine (C=N–C) groups is 1. The van der Waals surface area contributed by atoms with E-state index in [0.717, 1.165) is 13.0 Å². The molecule has 4 N–H and O–H groups in total. The van der Waals surface area contributed by atoms with E-state index in [-0.39, 0.29) is 29.7 Å². The van der Waals surface area contributed by atoms with Gasteiger partial charge in [0.15, 0.2) is 17.5 Å². The van der Waals surface area contributed by atoms with Gasteiger partial charge >= 0.3 is 0 Å². The fraction of sp³-hybridized carbons (Fsp3) is 0.500. The summed E-state index contributed by atoms with van der Waals surface area (Å²) in [6, 6.07) is 5.31. The highest BCUT2D eigenvalue weighted by Gasteiger charge is 2.06. The van der Waals surface area contributed by atoms with Crippen molar-refractivity contribution in [3.63, 3.8) is 0 Å². The zero-order valence-electron chi connectivity index (χ0n) is 12.2. The molecule has 6 heteroatoms. The summed E-state index contributed by atoms with van der Waals surface area (Å²) in [5.74, 6) is 1.58. The van der Waals surface area contributed by atoms with E-state index in [1.165, 1.54) is 7.11 Å². The summed E-state index contributed by atoms with van der Waals surface area (Å²) in [5.41, 5.74) is 6.44. The van der Waals surface area contributed by atoms with Crippen LogP contribution in [0.1, 0.15) is 25.8 Å². The number of benzene rings is 1. The largest absolute Gasteiger partial charge is 0.504 e. The van der Waals surface area contributed by atoms with Crippen molar-refractivity contribution in [1.29, 1.82) is 0 Å². The van der Waals surface area contributed by atoms with Crippen molar-refractivity contribution in [3.05, 3.63) is 23.8 Å². The summed E-state index contributed by atoms with van der Waals surface area (Å²) in [4.78, 5) is 4.20. The molecule has 0 aliphatic heterocycles. The van der Waals surface area contributed by atoms with Crippen molar-refractivity contribution in [2.75, 3.05) is 13.7 Å². The average Bonchev–Trinajstić information content (AvgIpc) is 2.37. The van der Waals surface area contributed by atoms with Crippen LogP contribution in [-0.2, 0) is 6.54 Å². The maximum Gasteiger partial charge on any atom is 0.188 e. The highest BCUT2D eigenvalue weighted by molar-refractivity contribution is 14.0. The van der Waals surface area contributed by atoms with Gasteiger partial charge in [-0.05, 0) is 18.4 Å². The lowest BCUT2D eigenvalue weighted by atomic mass is 10.1. The first kappa shape index (κ1) is 18.8. The normalized spacial score (nSPS) is 11.1. The topological polar surface area (TPSA) is 79.9 Å². The SMILES string of the molecule is COc1cccc(CN=C(N)NCCC(C)C)c1O.I. The van der Waals surface area contributed by atoms with E-state index < -0.39 is 0 Å². The molecule has 0 atom stereocenters. The summed E-state index contributed by atoms with van der Waals surface area (Å²) >= 11 is 0. The summed E-state index contributed by atoms with van der Waals surface area (Å²) in [5, 5.41) is 12.9. The molecule has 0 aliphatic carbocycles. The number of para-hydroxylation sites is 1. The molecule has 0 bridgehead atoms. The van der Waals surface area contributed by atoms with Gasteiger partial charge in [-0.25, -0.2) is 4.99 Å². The molecular weight excluding hydrogens is 369 g/mol. The third-order valence-electron chi connectivity index (χ3n) is 2.75. The van der Waals surface area contributed by atoms with Crippen LogP contribution in [0, 0.1) is 5.92 Å². The zero-order chi connectivity index (χ0) is 14.3. The highest BCUT2D eigenvalue weighted by atomic mass is 127. The van der Waals surface area contributed by atoms with Gasteiger partial charge in [0.1, 0.15) is 0 Å². The molecule has 0 spiro atoms. The summed E-state index contributed by atoms with van der Waals surface area (Å²) in [6.07, 6.45) is 1.04. The maximum absolute atomic E-state index is 9.90. The van der Waals surface area contributed by atoms with Crippen LogP contribution in [0.3, 0.4) is 0 Å². The van der Waals surface area contributed by atoms with E-state index in [1.54, 1.807) is 12.1 Å². The molecule has 0 unspecified atom stereocenters. The van der Waals surface area contributed by atoms with Crippen molar-refractivity contribution in [3.8, 4) is 11.5 Å². The Labute approximate surface area is 137 Å². The molecule has 0 aliphatic rings. The second-order valence-corrected chi connectivity index (χ2v) is 4.78. The number of nitrogens with two attached hydrogens (primary N) is 1. The van der Waals surface area contributed by atoms with Crippen molar-refractivity contribution in [2.24, 2.45) is 16.6 Å². The Morgan fingerprint density at radius 2 is 2.15 bits per heavy atom. The number of phenols is 1. The van der Waals surface area contributed by atoms with Crippen molar-refractivity contribution in [1.82, 2.24) is 5.32 Å². The standard InChI is InChI=1S/C14H23N3O2.HI/c1-10(2)7-8-16-14(15)17-9-11-5-4-6-12(19-3)13(11)18;/h4-6,10,18H,7-9H2,1-3H3,(H3,15,16,17);1H. The van der Waals surface area contributed by atoms with E-state index in [2.05, 4.69) is 24.2 Å². The van der Waals surface area contributed by atoms with Crippen LogP contribution in [0.15, 0.2) is 23.2 Å². The molecule has 0 fully saturated rings. The molecule has 0 heterocycles. The molecule has 1 aromatic rings. The second-order valence-electron chi connectivity index (χ2n) is 4.78. The van der Waals surface area contributed by atoms with Crippen molar-refractivity contribution < 1.29 is 9.84 Å². The third-order valence-corrected chi connectivity index (χ3v) is 2.75. The van der Waals surface area contributed by atoms with E-state index in [9.17, 15) is 5.11 Å². The highest BCUT2D eigenvalue weighted by Crippen LogP contribution is 2.29. The molecule has 0 radical (unpaired) electrons. The van der Waals surface area contributed by atoms with Crippen LogP contribution in [0.5, 0.6) is 11.5 Å². The third kappa shape index (κ3) is 6.31. The molecule has 5 nitrogen and oxygen atoms in total. The van der Waals surface area contributed by atoms with Gasteiger partial charge in [0.05, 0.1) is 13.7 Å². The molecule has 0 aromatic heterocycles. The van der Waals surface area contributed by atoms with Crippen LogP contribution in [0.25, 0.3) is 0 Å². The molecule has 1 rings (SSSR count). The Bertz CT molecular complexity index is 436. The lowest BCUT2D eigenvalue weighted by molar-refractivity contribution is 0.370. The zero-order valence-corrected chi connectivity index (χ0v) is 14.5. The Morgan fingerprint density at radius 3 is 2.75 bits per heavy atom. The Kier molecular flexibility index (Phi) is 9.11. The summed E-state index contributed by atoms with van der Waals surface area (Å²) in [6.45, 7) is 5.44. The molecular formula is C14H24IN3O2. The fourth-order valence-corrected chi connectivity index (χ4v) is 1.58. The maximum atomic E-state index is 9.90.